The molecule has 0 aliphatic rings. The molecule has 0 aliphatic heterocycles. The minimum Gasteiger partial charge on any atom is -0.357 e. The molecule has 4 aromatic rings. The maximum Gasteiger partial charge on any atom is 0.0456 e. The zero-order valence-corrected chi connectivity index (χ0v) is 14.4. The predicted molar refractivity (Wildman–Crippen MR) is 108 cm³/mol. The Morgan fingerprint density at radius 1 is 1.00 bits per heavy atom. The number of benzene rings is 3. The number of hydrogen-bond acceptors (Lipinski definition) is 1. The number of rotatable bonds is 5. The lowest BCUT2D eigenvalue weighted by molar-refractivity contribution is 0.573. The Morgan fingerprint density at radius 3 is 2.72 bits per heavy atom. The van der Waals surface area contributed by atoms with Gasteiger partial charge in [0.25, 0.3) is 0 Å². The number of aromatic amines is 1. The quantitative estimate of drug-likeness (QED) is 0.475. The van der Waals surface area contributed by atoms with E-state index < -0.39 is 0 Å². The second-order valence-corrected chi connectivity index (χ2v) is 6.52. The van der Waals surface area contributed by atoms with Crippen molar-refractivity contribution in [2.75, 3.05) is 0 Å². The Kier molecular flexibility index (Phi) is 4.12. The summed E-state index contributed by atoms with van der Waals surface area (Å²) in [5.74, 6) is 0. The summed E-state index contributed by atoms with van der Waals surface area (Å²) in [6.45, 7) is 6.87. The van der Waals surface area contributed by atoms with Crippen LogP contribution in [0.4, 0.5) is 0 Å². The van der Waals surface area contributed by atoms with E-state index in [0.29, 0.717) is 0 Å². The third kappa shape index (κ3) is 3.09. The topological polar surface area (TPSA) is 27.8 Å². The molecule has 0 radical (unpaired) electrons. The number of hydrogen-bond donors (Lipinski definition) is 2. The summed E-state index contributed by atoms with van der Waals surface area (Å²) in [4.78, 5) is 3.49. The van der Waals surface area contributed by atoms with Crippen molar-refractivity contribution in [1.29, 1.82) is 0 Å². The van der Waals surface area contributed by atoms with Crippen molar-refractivity contribution in [3.63, 3.8) is 0 Å². The first-order valence-electron chi connectivity index (χ1n) is 8.70. The highest BCUT2D eigenvalue weighted by molar-refractivity contribution is 5.86. The smallest absolute Gasteiger partial charge is 0.0456 e. The van der Waals surface area contributed by atoms with E-state index in [2.05, 4.69) is 90.5 Å². The summed E-state index contributed by atoms with van der Waals surface area (Å²) in [5.41, 5.74) is 4.85. The first kappa shape index (κ1) is 15.7. The molecule has 2 nitrogen and oxygen atoms in total. The van der Waals surface area contributed by atoms with Gasteiger partial charge in [0, 0.05) is 29.2 Å². The van der Waals surface area contributed by atoms with Crippen LogP contribution < -0.4 is 5.32 Å². The van der Waals surface area contributed by atoms with Crippen LogP contribution in [0.2, 0.25) is 0 Å². The first-order valence-corrected chi connectivity index (χ1v) is 8.70. The molecule has 1 heterocycles. The maximum absolute atomic E-state index is 3.84. The van der Waals surface area contributed by atoms with Crippen LogP contribution in [0.1, 0.15) is 29.8 Å². The van der Waals surface area contributed by atoms with E-state index in [0.717, 1.165) is 12.1 Å². The highest BCUT2D eigenvalue weighted by Crippen LogP contribution is 2.24. The molecule has 0 aliphatic carbocycles. The minimum absolute atomic E-state index is 0.279. The molecular formula is C23H22N2. The summed E-state index contributed by atoms with van der Waals surface area (Å²) in [6.07, 6.45) is 1.88. The Hall–Kier alpha value is -2.84. The van der Waals surface area contributed by atoms with Gasteiger partial charge < -0.3 is 10.3 Å². The molecule has 1 aromatic heterocycles. The van der Waals surface area contributed by atoms with Crippen LogP contribution in [0.25, 0.3) is 27.8 Å². The molecular weight excluding hydrogens is 304 g/mol. The van der Waals surface area contributed by atoms with E-state index in [4.69, 9.17) is 0 Å². The van der Waals surface area contributed by atoms with E-state index in [1.165, 1.54) is 32.9 Å². The van der Waals surface area contributed by atoms with E-state index >= 15 is 0 Å². The molecule has 0 bridgehead atoms. The molecule has 2 heteroatoms. The molecule has 124 valence electrons. The van der Waals surface area contributed by atoms with Gasteiger partial charge in [-0.3, -0.25) is 0 Å². The maximum atomic E-state index is 3.84. The van der Waals surface area contributed by atoms with E-state index in [-0.39, 0.29) is 6.04 Å². The van der Waals surface area contributed by atoms with Crippen molar-refractivity contribution < 1.29 is 0 Å². The molecule has 0 saturated carbocycles. The number of nitrogens with one attached hydrogen (secondary N) is 2. The Balaban J connectivity index is 1.55. The van der Waals surface area contributed by atoms with Gasteiger partial charge in [0.1, 0.15) is 0 Å². The molecule has 0 fully saturated rings. The van der Waals surface area contributed by atoms with Gasteiger partial charge >= 0.3 is 0 Å². The summed E-state index contributed by atoms with van der Waals surface area (Å²) in [6, 6.07) is 23.9. The summed E-state index contributed by atoms with van der Waals surface area (Å²) in [5, 5.41) is 7.48. The van der Waals surface area contributed by atoms with Gasteiger partial charge in [-0.05, 0) is 47.0 Å². The lowest BCUT2D eigenvalue weighted by Crippen LogP contribution is -2.18. The van der Waals surface area contributed by atoms with Gasteiger partial charge in [0.2, 0.25) is 0 Å². The second-order valence-electron chi connectivity index (χ2n) is 6.52. The average molecular weight is 326 g/mol. The van der Waals surface area contributed by atoms with Crippen LogP contribution >= 0.6 is 0 Å². The van der Waals surface area contributed by atoms with Gasteiger partial charge in [-0.25, -0.2) is 0 Å². The second kappa shape index (κ2) is 6.58. The van der Waals surface area contributed by atoms with Crippen molar-refractivity contribution in [3.8, 4) is 0 Å². The monoisotopic (exact) mass is 326 g/mol. The van der Waals surface area contributed by atoms with E-state index in [1.54, 1.807) is 0 Å². The molecule has 0 spiro atoms. The third-order valence-corrected chi connectivity index (χ3v) is 4.82. The SMILES string of the molecule is C=Cc1ccc2[nH]c(CN[C@H](C)c3cccc4ccccc34)cc2c1. The van der Waals surface area contributed by atoms with Crippen molar-refractivity contribution in [2.45, 2.75) is 19.5 Å². The fourth-order valence-electron chi connectivity index (χ4n) is 3.43. The van der Waals surface area contributed by atoms with Crippen LogP contribution in [0.5, 0.6) is 0 Å². The molecule has 0 amide bonds. The first-order chi connectivity index (χ1) is 12.2. The molecule has 3 aromatic carbocycles. The van der Waals surface area contributed by atoms with Gasteiger partial charge in [0.05, 0.1) is 0 Å². The Morgan fingerprint density at radius 2 is 1.84 bits per heavy atom. The Labute approximate surface area is 148 Å². The average Bonchev–Trinajstić information content (AvgIpc) is 3.07. The zero-order valence-electron chi connectivity index (χ0n) is 14.4. The fourth-order valence-corrected chi connectivity index (χ4v) is 3.43. The molecule has 0 saturated heterocycles. The van der Waals surface area contributed by atoms with Gasteiger partial charge in [0.15, 0.2) is 0 Å². The van der Waals surface area contributed by atoms with Crippen LogP contribution in [0.15, 0.2) is 73.3 Å². The van der Waals surface area contributed by atoms with Crippen molar-refractivity contribution in [2.24, 2.45) is 0 Å². The standard InChI is InChI=1S/C23H22N2/c1-3-17-11-12-23-19(13-17)14-20(25-23)15-24-16(2)21-10-6-8-18-7-4-5-9-22(18)21/h3-14,16,24-25H,1,15H2,2H3/t16-/m1/s1. The fraction of sp³-hybridized carbons (Fsp3) is 0.130. The van der Waals surface area contributed by atoms with Crippen LogP contribution in [0.3, 0.4) is 0 Å². The van der Waals surface area contributed by atoms with E-state index in [1.807, 2.05) is 6.08 Å². The molecule has 2 N–H and O–H groups in total. The van der Waals surface area contributed by atoms with Gasteiger partial charge in [-0.1, -0.05) is 61.2 Å². The van der Waals surface area contributed by atoms with Gasteiger partial charge in [-0.15, -0.1) is 0 Å². The van der Waals surface area contributed by atoms with Crippen LogP contribution in [0, 0.1) is 0 Å². The summed E-state index contributed by atoms with van der Waals surface area (Å²) >= 11 is 0. The largest absolute Gasteiger partial charge is 0.357 e. The van der Waals surface area contributed by atoms with Crippen molar-refractivity contribution in [3.05, 3.63) is 90.1 Å². The normalized spacial score (nSPS) is 12.5. The third-order valence-electron chi connectivity index (χ3n) is 4.82. The van der Waals surface area contributed by atoms with Crippen LogP contribution in [-0.2, 0) is 6.54 Å². The lowest BCUT2D eigenvalue weighted by Gasteiger charge is -2.16. The summed E-state index contributed by atoms with van der Waals surface area (Å²) in [7, 11) is 0. The van der Waals surface area contributed by atoms with Crippen molar-refractivity contribution >= 4 is 27.8 Å². The number of H-pyrrole nitrogens is 1. The Bertz CT molecular complexity index is 1040. The highest BCUT2D eigenvalue weighted by atomic mass is 14.9. The molecule has 25 heavy (non-hydrogen) atoms. The lowest BCUT2D eigenvalue weighted by atomic mass is 10.00. The number of aromatic nitrogens is 1. The highest BCUT2D eigenvalue weighted by Gasteiger charge is 2.09. The van der Waals surface area contributed by atoms with E-state index in [9.17, 15) is 0 Å². The molecule has 1 atom stereocenters. The zero-order chi connectivity index (χ0) is 17.2. The molecule has 4 rings (SSSR count). The van der Waals surface area contributed by atoms with Crippen molar-refractivity contribution in [1.82, 2.24) is 10.3 Å². The summed E-state index contributed by atoms with van der Waals surface area (Å²) < 4.78 is 0. The predicted octanol–water partition coefficient (Wildman–Crippen LogP) is 5.81. The van der Waals surface area contributed by atoms with Gasteiger partial charge in [-0.2, -0.15) is 0 Å². The minimum atomic E-state index is 0.279. The molecule has 0 unspecified atom stereocenters. The van der Waals surface area contributed by atoms with Crippen LogP contribution in [-0.4, -0.2) is 4.98 Å². The number of fused-ring (bicyclic) bond motifs is 2.